The van der Waals surface area contributed by atoms with Crippen LogP contribution in [0.4, 0.5) is 30.7 Å². The van der Waals surface area contributed by atoms with Crippen LogP contribution < -0.4 is 0 Å². The summed E-state index contributed by atoms with van der Waals surface area (Å²) in [6.07, 6.45) is -13.3. The molecule has 0 nitrogen and oxygen atoms in total. The van der Waals surface area contributed by atoms with E-state index in [4.69, 9.17) is 34.8 Å². The van der Waals surface area contributed by atoms with E-state index in [9.17, 15) is 30.7 Å². The molecule has 0 aliphatic heterocycles. The molecule has 0 N–H and O–H groups in total. The Kier molecular flexibility index (Phi) is 6.10. The van der Waals surface area contributed by atoms with Crippen LogP contribution in [-0.4, -0.2) is 16.1 Å². The van der Waals surface area contributed by atoms with Gasteiger partial charge in [-0.1, -0.05) is 40.9 Å². The first-order valence-corrected chi connectivity index (χ1v) is 7.90. The van der Waals surface area contributed by atoms with Crippen LogP contribution in [0.3, 0.4) is 0 Å². The van der Waals surface area contributed by atoms with Crippen molar-refractivity contribution in [3.63, 3.8) is 0 Å². The monoisotopic (exact) mass is 516 g/mol. The zero-order valence-corrected chi connectivity index (χ0v) is 15.4. The second-order valence-corrected chi connectivity index (χ2v) is 8.40. The first-order valence-electron chi connectivity index (χ1n) is 5.69. The summed E-state index contributed by atoms with van der Waals surface area (Å²) in [6.45, 7) is 1.23. The fourth-order valence-electron chi connectivity index (χ4n) is 1.93. The minimum atomic E-state index is -6.23. The third kappa shape index (κ3) is 4.49. The highest BCUT2D eigenvalue weighted by Crippen LogP contribution is 2.55. The molecule has 23 heavy (non-hydrogen) atoms. The molecule has 0 spiro atoms. The standard InChI is InChI=1S/C12H7Cl3F7I/c1-5-2-7(6(8(23)3-5)4-9(13,14)15)10(16,11(17,18)19)12(20,21)22/h2-3H,4H2,1H3. The maximum absolute atomic E-state index is 14.4. The summed E-state index contributed by atoms with van der Waals surface area (Å²) in [4.78, 5) is 0. The molecule has 1 aromatic carbocycles. The van der Waals surface area contributed by atoms with Crippen LogP contribution in [0.25, 0.3) is 0 Å². The molecule has 0 aromatic heterocycles. The lowest BCUT2D eigenvalue weighted by molar-refractivity contribution is -0.348. The number of hydrogen-bond acceptors (Lipinski definition) is 0. The van der Waals surface area contributed by atoms with E-state index in [1.54, 1.807) is 0 Å². The van der Waals surface area contributed by atoms with Crippen LogP contribution in [0.1, 0.15) is 16.7 Å². The minimum absolute atomic E-state index is 0.00740. The largest absolute Gasteiger partial charge is 0.435 e. The Morgan fingerprint density at radius 3 is 1.70 bits per heavy atom. The van der Waals surface area contributed by atoms with E-state index in [0.717, 1.165) is 0 Å². The van der Waals surface area contributed by atoms with Crippen molar-refractivity contribution in [2.75, 3.05) is 0 Å². The van der Waals surface area contributed by atoms with E-state index in [-0.39, 0.29) is 9.13 Å². The third-order valence-corrected chi connectivity index (χ3v) is 4.23. The van der Waals surface area contributed by atoms with Crippen molar-refractivity contribution in [1.29, 1.82) is 0 Å². The van der Waals surface area contributed by atoms with Gasteiger partial charge < -0.3 is 0 Å². The number of rotatable bonds is 2. The quantitative estimate of drug-likeness (QED) is 0.230. The molecule has 1 rings (SSSR count). The summed E-state index contributed by atoms with van der Waals surface area (Å²) >= 11 is 17.9. The number of hydrogen-bond donors (Lipinski definition) is 0. The molecule has 0 fully saturated rings. The Labute approximate surface area is 155 Å². The molecular formula is C12H7Cl3F7I. The molecular weight excluding hydrogens is 510 g/mol. The molecule has 132 valence electrons. The maximum Gasteiger partial charge on any atom is 0.435 e. The number of alkyl halides is 10. The zero-order chi connectivity index (χ0) is 18.4. The summed E-state index contributed by atoms with van der Waals surface area (Å²) in [5.41, 5.74) is -7.84. The van der Waals surface area contributed by atoms with Crippen LogP contribution in [-0.2, 0) is 12.1 Å². The van der Waals surface area contributed by atoms with Gasteiger partial charge in [-0.25, -0.2) is 4.39 Å². The first kappa shape index (κ1) is 21.4. The maximum atomic E-state index is 14.4. The second-order valence-electron chi connectivity index (χ2n) is 4.72. The average Bonchev–Trinajstić information content (AvgIpc) is 2.26. The molecule has 11 heteroatoms. The van der Waals surface area contributed by atoms with Gasteiger partial charge in [0.2, 0.25) is 0 Å². The van der Waals surface area contributed by atoms with Gasteiger partial charge in [-0.05, 0) is 46.7 Å². The van der Waals surface area contributed by atoms with Crippen molar-refractivity contribution in [2.45, 2.75) is 35.2 Å². The number of benzene rings is 1. The van der Waals surface area contributed by atoms with E-state index >= 15 is 0 Å². The Hall–Kier alpha value is 0.330. The van der Waals surface area contributed by atoms with Crippen molar-refractivity contribution in [3.8, 4) is 0 Å². The molecule has 0 radical (unpaired) electrons. The van der Waals surface area contributed by atoms with Gasteiger partial charge in [0.05, 0.1) is 0 Å². The van der Waals surface area contributed by atoms with Crippen LogP contribution in [0.15, 0.2) is 12.1 Å². The molecule has 0 aliphatic rings. The SMILES string of the molecule is Cc1cc(I)c(CC(Cl)(Cl)Cl)c(C(F)(C(F)(F)F)C(F)(F)F)c1. The highest BCUT2D eigenvalue weighted by atomic mass is 127. The number of aryl methyl sites for hydroxylation is 1. The number of halogens is 11. The third-order valence-electron chi connectivity index (χ3n) is 2.87. The van der Waals surface area contributed by atoms with Crippen molar-refractivity contribution >= 4 is 57.4 Å². The summed E-state index contributed by atoms with van der Waals surface area (Å²) in [6, 6.07) is 1.73. The Bertz CT molecular complexity index is 576. The molecule has 1 aromatic rings. The lowest BCUT2D eigenvalue weighted by Gasteiger charge is -2.33. The minimum Gasteiger partial charge on any atom is -0.218 e. The summed E-state index contributed by atoms with van der Waals surface area (Å²) < 4.78 is 89.9. The molecule has 0 atom stereocenters. The lowest BCUT2D eigenvalue weighted by atomic mass is 9.87. The van der Waals surface area contributed by atoms with Gasteiger partial charge in [0.25, 0.3) is 0 Å². The van der Waals surface area contributed by atoms with Crippen molar-refractivity contribution in [1.82, 2.24) is 0 Å². The molecule has 0 aliphatic carbocycles. The van der Waals surface area contributed by atoms with Crippen LogP contribution in [0.2, 0.25) is 0 Å². The van der Waals surface area contributed by atoms with Gasteiger partial charge in [-0.3, -0.25) is 0 Å². The predicted molar refractivity (Wildman–Crippen MR) is 82.8 cm³/mol. The van der Waals surface area contributed by atoms with Gasteiger partial charge in [0, 0.05) is 15.6 Å². The van der Waals surface area contributed by atoms with Crippen LogP contribution in [0, 0.1) is 10.5 Å². The van der Waals surface area contributed by atoms with Crippen LogP contribution >= 0.6 is 57.4 Å². The van der Waals surface area contributed by atoms with Crippen molar-refractivity contribution < 1.29 is 30.7 Å². The van der Waals surface area contributed by atoms with E-state index in [0.29, 0.717) is 6.07 Å². The summed E-state index contributed by atoms with van der Waals surface area (Å²) in [7, 11) is 0. The molecule has 0 amide bonds. The van der Waals surface area contributed by atoms with Gasteiger partial charge >= 0.3 is 18.0 Å². The van der Waals surface area contributed by atoms with E-state index in [1.807, 2.05) is 0 Å². The van der Waals surface area contributed by atoms with Crippen molar-refractivity contribution in [3.05, 3.63) is 32.4 Å². The first-order chi connectivity index (χ1) is 10.0. The highest BCUT2D eigenvalue weighted by molar-refractivity contribution is 14.1. The second kappa shape index (κ2) is 6.57. The Morgan fingerprint density at radius 1 is 0.913 bits per heavy atom. The average molecular weight is 517 g/mol. The van der Waals surface area contributed by atoms with Crippen LogP contribution in [0.5, 0.6) is 0 Å². The zero-order valence-electron chi connectivity index (χ0n) is 11.0. The van der Waals surface area contributed by atoms with Gasteiger partial charge in [0.15, 0.2) is 3.79 Å². The Balaban J connectivity index is 3.80. The molecule has 0 saturated carbocycles. The van der Waals surface area contributed by atoms with Crippen molar-refractivity contribution in [2.24, 2.45) is 0 Å². The highest BCUT2D eigenvalue weighted by Gasteiger charge is 2.74. The lowest BCUT2D eigenvalue weighted by Crippen LogP contribution is -2.51. The van der Waals surface area contributed by atoms with E-state index < -0.39 is 39.4 Å². The Morgan fingerprint density at radius 2 is 1.35 bits per heavy atom. The molecule has 0 heterocycles. The summed E-state index contributed by atoms with van der Waals surface area (Å²) in [5.74, 6) is 0. The summed E-state index contributed by atoms with van der Waals surface area (Å²) in [5, 5.41) is 0. The normalized spacial score (nSPS) is 14.3. The molecule has 0 saturated heterocycles. The fraction of sp³-hybridized carbons (Fsp3) is 0.500. The predicted octanol–water partition coefficient (Wildman–Crippen LogP) is 6.80. The smallest absolute Gasteiger partial charge is 0.218 e. The van der Waals surface area contributed by atoms with Gasteiger partial charge in [0.1, 0.15) is 0 Å². The fourth-order valence-corrected chi connectivity index (χ4v) is 3.30. The molecule has 0 unspecified atom stereocenters. The van der Waals surface area contributed by atoms with Gasteiger partial charge in [-0.2, -0.15) is 26.3 Å². The van der Waals surface area contributed by atoms with E-state index in [2.05, 4.69) is 0 Å². The van der Waals surface area contributed by atoms with E-state index in [1.165, 1.54) is 35.6 Å². The molecule has 0 bridgehead atoms. The van der Waals surface area contributed by atoms with Gasteiger partial charge in [-0.15, -0.1) is 0 Å². The topological polar surface area (TPSA) is 0 Å².